The summed E-state index contributed by atoms with van der Waals surface area (Å²) >= 11 is 5.93. The van der Waals surface area contributed by atoms with E-state index in [-0.39, 0.29) is 5.91 Å². The third-order valence-corrected chi connectivity index (χ3v) is 5.20. The van der Waals surface area contributed by atoms with Crippen molar-refractivity contribution in [3.05, 3.63) is 34.9 Å². The molecule has 0 unspecified atom stereocenters. The highest BCUT2D eigenvalue weighted by atomic mass is 35.5. The minimum atomic E-state index is 0.143. The van der Waals surface area contributed by atoms with Crippen LogP contribution in [-0.2, 0) is 11.3 Å². The van der Waals surface area contributed by atoms with E-state index in [1.807, 2.05) is 24.3 Å². The van der Waals surface area contributed by atoms with Crippen LogP contribution in [0, 0.1) is 0 Å². The fraction of sp³-hybridized carbons (Fsp3) is 0.696. The van der Waals surface area contributed by atoms with Gasteiger partial charge in [0.25, 0.3) is 5.91 Å². The molecule has 1 amide bonds. The first-order valence-electron chi connectivity index (χ1n) is 10.8. The number of hydrogen-bond acceptors (Lipinski definition) is 1. The monoisotopic (exact) mass is 395 g/mol. The molecule has 0 aliphatic heterocycles. The number of nitrogens with zero attached hydrogens (tertiary/aromatic N) is 1. The van der Waals surface area contributed by atoms with Crippen molar-refractivity contribution in [2.45, 2.75) is 77.7 Å². The van der Waals surface area contributed by atoms with E-state index in [4.69, 9.17) is 11.6 Å². The fourth-order valence-corrected chi connectivity index (χ4v) is 3.55. The van der Waals surface area contributed by atoms with E-state index in [0.29, 0.717) is 11.0 Å². The predicted octanol–water partition coefficient (Wildman–Crippen LogP) is 5.95. The van der Waals surface area contributed by atoms with Gasteiger partial charge in [-0.3, -0.25) is 4.79 Å². The van der Waals surface area contributed by atoms with Crippen LogP contribution in [0.1, 0.15) is 76.7 Å². The lowest BCUT2D eigenvalue weighted by molar-refractivity contribution is -0.895. The molecule has 0 aromatic heterocycles. The molecule has 1 aromatic carbocycles. The standard InChI is InChI=1S/C23H39ClN2O/c1-4-5-6-7-8-9-10-11-12-13-18-25-23(27)20-26(2,3)19-21-14-16-22(24)17-15-21/h14-17H,4-13,18-20H2,1-3H3/p+1. The number of amides is 1. The highest BCUT2D eigenvalue weighted by Gasteiger charge is 2.20. The smallest absolute Gasteiger partial charge is 0.275 e. The topological polar surface area (TPSA) is 29.1 Å². The van der Waals surface area contributed by atoms with E-state index in [1.165, 1.54) is 63.4 Å². The van der Waals surface area contributed by atoms with Gasteiger partial charge in [0.2, 0.25) is 0 Å². The molecule has 0 aliphatic carbocycles. The molecular formula is C23H40ClN2O+. The van der Waals surface area contributed by atoms with Crippen LogP contribution < -0.4 is 5.32 Å². The number of carbonyl (C=O) groups excluding carboxylic acids is 1. The lowest BCUT2D eigenvalue weighted by atomic mass is 10.1. The van der Waals surface area contributed by atoms with Crippen molar-refractivity contribution in [2.24, 2.45) is 0 Å². The fourth-order valence-electron chi connectivity index (χ4n) is 3.42. The average Bonchev–Trinajstić information content (AvgIpc) is 2.61. The highest BCUT2D eigenvalue weighted by Crippen LogP contribution is 2.14. The molecule has 0 saturated carbocycles. The average molecular weight is 396 g/mol. The molecule has 0 radical (unpaired) electrons. The number of unbranched alkanes of at least 4 members (excludes halogenated alkanes) is 9. The molecule has 1 N–H and O–H groups in total. The molecule has 0 saturated heterocycles. The van der Waals surface area contributed by atoms with Gasteiger partial charge >= 0.3 is 0 Å². The molecule has 0 bridgehead atoms. The molecule has 0 aliphatic rings. The zero-order chi connectivity index (χ0) is 20.0. The van der Waals surface area contributed by atoms with Gasteiger partial charge in [-0.25, -0.2) is 0 Å². The second kappa shape index (κ2) is 14.0. The Morgan fingerprint density at radius 2 is 1.41 bits per heavy atom. The summed E-state index contributed by atoms with van der Waals surface area (Å²) in [6.07, 6.45) is 13.2. The van der Waals surface area contributed by atoms with Crippen LogP contribution in [0.2, 0.25) is 5.02 Å². The van der Waals surface area contributed by atoms with E-state index < -0.39 is 0 Å². The molecule has 0 spiro atoms. The number of rotatable bonds is 15. The van der Waals surface area contributed by atoms with Crippen molar-refractivity contribution in [1.29, 1.82) is 0 Å². The van der Waals surface area contributed by atoms with E-state index >= 15 is 0 Å². The molecule has 1 aromatic rings. The second-order valence-corrected chi connectivity index (χ2v) is 8.85. The van der Waals surface area contributed by atoms with Crippen molar-refractivity contribution in [3.8, 4) is 0 Å². The summed E-state index contributed by atoms with van der Waals surface area (Å²) in [5.74, 6) is 0.143. The molecule has 4 heteroatoms. The number of likely N-dealkylation sites (N-methyl/N-ethyl adjacent to an activating group) is 1. The summed E-state index contributed by atoms with van der Waals surface area (Å²) in [4.78, 5) is 12.2. The number of benzene rings is 1. The zero-order valence-electron chi connectivity index (χ0n) is 17.7. The van der Waals surface area contributed by atoms with Gasteiger partial charge in [0.05, 0.1) is 14.1 Å². The maximum atomic E-state index is 12.2. The molecule has 154 valence electrons. The lowest BCUT2D eigenvalue weighted by Crippen LogP contribution is -2.46. The Morgan fingerprint density at radius 1 is 0.889 bits per heavy atom. The number of halogens is 1. The van der Waals surface area contributed by atoms with Gasteiger partial charge < -0.3 is 9.80 Å². The minimum Gasteiger partial charge on any atom is -0.351 e. The Morgan fingerprint density at radius 3 is 1.96 bits per heavy atom. The van der Waals surface area contributed by atoms with E-state index in [1.54, 1.807) is 0 Å². The molecule has 27 heavy (non-hydrogen) atoms. The summed E-state index contributed by atoms with van der Waals surface area (Å²) in [6, 6.07) is 7.87. The van der Waals surface area contributed by atoms with Gasteiger partial charge in [0.1, 0.15) is 6.54 Å². The van der Waals surface area contributed by atoms with Crippen LogP contribution in [0.3, 0.4) is 0 Å². The predicted molar refractivity (Wildman–Crippen MR) is 117 cm³/mol. The molecule has 0 atom stereocenters. The first kappa shape index (κ1) is 24.0. The molecule has 3 nitrogen and oxygen atoms in total. The van der Waals surface area contributed by atoms with Crippen molar-refractivity contribution in [3.63, 3.8) is 0 Å². The third-order valence-electron chi connectivity index (χ3n) is 4.95. The Bertz CT molecular complexity index is 514. The van der Waals surface area contributed by atoms with E-state index in [0.717, 1.165) is 24.5 Å². The van der Waals surface area contributed by atoms with Gasteiger partial charge in [-0.15, -0.1) is 0 Å². The minimum absolute atomic E-state index is 0.143. The highest BCUT2D eigenvalue weighted by molar-refractivity contribution is 6.30. The summed E-state index contributed by atoms with van der Waals surface area (Å²) < 4.78 is 0.644. The Kier molecular flexibility index (Phi) is 12.4. The number of carbonyl (C=O) groups is 1. The van der Waals surface area contributed by atoms with Gasteiger partial charge in [-0.1, -0.05) is 88.4 Å². The SMILES string of the molecule is CCCCCCCCCCCCNC(=O)C[N+](C)(C)Cc1ccc(Cl)cc1. The van der Waals surface area contributed by atoms with E-state index in [9.17, 15) is 4.79 Å². The molecular weight excluding hydrogens is 356 g/mol. The van der Waals surface area contributed by atoms with E-state index in [2.05, 4.69) is 26.3 Å². The van der Waals surface area contributed by atoms with Gasteiger partial charge in [0, 0.05) is 17.1 Å². The van der Waals surface area contributed by atoms with Crippen LogP contribution in [0.15, 0.2) is 24.3 Å². The molecule has 0 fully saturated rings. The normalized spacial score (nSPS) is 11.6. The molecule has 0 heterocycles. The number of nitrogens with one attached hydrogen (secondary N) is 1. The summed E-state index contributed by atoms with van der Waals surface area (Å²) in [6.45, 7) is 4.39. The van der Waals surface area contributed by atoms with Crippen LogP contribution >= 0.6 is 11.6 Å². The lowest BCUT2D eigenvalue weighted by Gasteiger charge is -2.29. The quantitative estimate of drug-likeness (QED) is 0.288. The van der Waals surface area contributed by atoms with Gasteiger partial charge in [0.15, 0.2) is 6.54 Å². The van der Waals surface area contributed by atoms with Gasteiger partial charge in [-0.2, -0.15) is 0 Å². The number of quaternary nitrogens is 1. The first-order chi connectivity index (χ1) is 12.9. The van der Waals surface area contributed by atoms with Crippen molar-refractivity contribution in [1.82, 2.24) is 5.32 Å². The second-order valence-electron chi connectivity index (χ2n) is 8.41. The Hall–Kier alpha value is -1.06. The summed E-state index contributed by atoms with van der Waals surface area (Å²) in [5, 5.41) is 3.83. The Balaban J connectivity index is 2.05. The van der Waals surface area contributed by atoms with Crippen LogP contribution in [-0.4, -0.2) is 37.6 Å². The summed E-state index contributed by atoms with van der Waals surface area (Å²) in [7, 11) is 4.18. The van der Waals surface area contributed by atoms with Crippen LogP contribution in [0.5, 0.6) is 0 Å². The first-order valence-corrected chi connectivity index (χ1v) is 11.1. The van der Waals surface area contributed by atoms with Crippen molar-refractivity contribution in [2.75, 3.05) is 27.2 Å². The molecule has 1 rings (SSSR count). The maximum absolute atomic E-state index is 12.2. The largest absolute Gasteiger partial charge is 0.351 e. The number of hydrogen-bond donors (Lipinski definition) is 1. The van der Waals surface area contributed by atoms with Crippen LogP contribution in [0.4, 0.5) is 0 Å². The van der Waals surface area contributed by atoms with Crippen molar-refractivity contribution >= 4 is 17.5 Å². The third kappa shape index (κ3) is 12.9. The van der Waals surface area contributed by atoms with Crippen molar-refractivity contribution < 1.29 is 9.28 Å². The summed E-state index contributed by atoms with van der Waals surface area (Å²) in [5.41, 5.74) is 1.20. The van der Waals surface area contributed by atoms with Crippen LogP contribution in [0.25, 0.3) is 0 Å². The maximum Gasteiger partial charge on any atom is 0.275 e. The van der Waals surface area contributed by atoms with Gasteiger partial charge in [-0.05, 0) is 18.6 Å². The Labute approximate surface area is 172 Å². The zero-order valence-corrected chi connectivity index (χ0v) is 18.5.